The molecule has 0 saturated carbocycles. The normalized spacial score (nSPS) is 11.8. The van der Waals surface area contributed by atoms with Crippen molar-refractivity contribution in [3.63, 3.8) is 0 Å². The van der Waals surface area contributed by atoms with E-state index < -0.39 is 0 Å². The molecule has 16 heavy (non-hydrogen) atoms. The molecule has 1 N–H and O–H groups in total. The molecule has 1 aromatic heterocycles. The fraction of sp³-hybridized carbons (Fsp3) is 0.231. The number of imidazole rings is 1. The van der Waals surface area contributed by atoms with Crippen LogP contribution in [0.15, 0.2) is 17.1 Å². The molecule has 0 saturated heterocycles. The molecule has 0 aliphatic rings. The van der Waals surface area contributed by atoms with Gasteiger partial charge < -0.3 is 4.98 Å². The summed E-state index contributed by atoms with van der Waals surface area (Å²) in [4.78, 5) is 11.9. The van der Waals surface area contributed by atoms with Crippen molar-refractivity contribution in [2.24, 2.45) is 4.99 Å². The van der Waals surface area contributed by atoms with Gasteiger partial charge in [-0.3, -0.25) is 0 Å². The van der Waals surface area contributed by atoms with Gasteiger partial charge in [-0.25, -0.2) is 9.98 Å². The molecule has 0 amide bonds. The van der Waals surface area contributed by atoms with Crippen LogP contribution in [-0.4, -0.2) is 15.7 Å². The topological polar surface area (TPSA) is 41.0 Å². The van der Waals surface area contributed by atoms with E-state index in [9.17, 15) is 0 Å². The van der Waals surface area contributed by atoms with Gasteiger partial charge in [0.15, 0.2) is 0 Å². The Morgan fingerprint density at radius 1 is 1.44 bits per heavy atom. The first-order valence-corrected chi connectivity index (χ1v) is 5.09. The van der Waals surface area contributed by atoms with Crippen LogP contribution < -0.4 is 0 Å². The molecule has 0 aliphatic heterocycles. The molecule has 0 unspecified atom stereocenters. The van der Waals surface area contributed by atoms with Crippen molar-refractivity contribution in [1.29, 1.82) is 0 Å². The molecular formula is C13H13N3. The van der Waals surface area contributed by atoms with Crippen LogP contribution in [0.3, 0.4) is 0 Å². The van der Waals surface area contributed by atoms with Gasteiger partial charge in [0.05, 0.1) is 22.4 Å². The van der Waals surface area contributed by atoms with Crippen molar-refractivity contribution in [3.8, 4) is 12.3 Å². The van der Waals surface area contributed by atoms with E-state index in [4.69, 9.17) is 6.42 Å². The smallest absolute Gasteiger partial charge is 0.104 e. The molecule has 0 atom stereocenters. The lowest BCUT2D eigenvalue weighted by Crippen LogP contribution is -1.84. The number of aromatic amines is 1. The summed E-state index contributed by atoms with van der Waals surface area (Å²) < 4.78 is 0. The van der Waals surface area contributed by atoms with Crippen molar-refractivity contribution < 1.29 is 0 Å². The number of aryl methyl sites for hydroxylation is 2. The van der Waals surface area contributed by atoms with Crippen LogP contribution in [0.2, 0.25) is 0 Å². The second-order valence-corrected chi connectivity index (χ2v) is 3.82. The molecule has 80 valence electrons. The summed E-state index contributed by atoms with van der Waals surface area (Å²) >= 11 is 0. The number of rotatable bonds is 1. The largest absolute Gasteiger partial charge is 0.342 e. The van der Waals surface area contributed by atoms with Crippen molar-refractivity contribution in [1.82, 2.24) is 9.97 Å². The summed E-state index contributed by atoms with van der Waals surface area (Å²) in [6.07, 6.45) is 5.28. The number of aliphatic imine (C=N–C) groups is 1. The standard InChI is InChI=1S/C13H13N3/c1-5-9(3)14-11-7-13-12(6-8(11)2)15-10(4)16-13/h1,6-7H,2-4H3,(H,15,16). The summed E-state index contributed by atoms with van der Waals surface area (Å²) in [5.74, 6) is 3.42. The van der Waals surface area contributed by atoms with Gasteiger partial charge >= 0.3 is 0 Å². The molecule has 1 aromatic carbocycles. The van der Waals surface area contributed by atoms with E-state index in [-0.39, 0.29) is 0 Å². The molecule has 0 bridgehead atoms. The minimum atomic E-state index is 0.676. The highest BCUT2D eigenvalue weighted by molar-refractivity contribution is 6.00. The van der Waals surface area contributed by atoms with Crippen LogP contribution in [0.25, 0.3) is 11.0 Å². The lowest BCUT2D eigenvalue weighted by atomic mass is 10.2. The van der Waals surface area contributed by atoms with Gasteiger partial charge in [-0.1, -0.05) is 5.92 Å². The first kappa shape index (κ1) is 10.4. The molecular weight excluding hydrogens is 198 g/mol. The number of hydrogen-bond donors (Lipinski definition) is 1. The van der Waals surface area contributed by atoms with Crippen LogP contribution in [-0.2, 0) is 0 Å². The molecule has 2 rings (SSSR count). The van der Waals surface area contributed by atoms with E-state index in [1.165, 1.54) is 0 Å². The Balaban J connectivity index is 2.63. The van der Waals surface area contributed by atoms with Crippen LogP contribution in [0, 0.1) is 26.2 Å². The fourth-order valence-electron chi connectivity index (χ4n) is 1.62. The molecule has 0 fully saturated rings. The van der Waals surface area contributed by atoms with E-state index in [1.54, 1.807) is 0 Å². The number of hydrogen-bond acceptors (Lipinski definition) is 2. The van der Waals surface area contributed by atoms with Crippen LogP contribution in [0.5, 0.6) is 0 Å². The maximum absolute atomic E-state index is 5.28. The summed E-state index contributed by atoms with van der Waals surface area (Å²) in [6.45, 7) is 5.77. The second-order valence-electron chi connectivity index (χ2n) is 3.82. The maximum Gasteiger partial charge on any atom is 0.104 e. The third-order valence-electron chi connectivity index (χ3n) is 2.42. The Hall–Kier alpha value is -2.08. The number of terminal acetylenes is 1. The highest BCUT2D eigenvalue weighted by atomic mass is 14.9. The summed E-state index contributed by atoms with van der Waals surface area (Å²) in [5, 5.41) is 0. The SMILES string of the molecule is C#CC(C)=Nc1cc2nc(C)[nH]c2cc1C. The molecule has 3 heteroatoms. The Morgan fingerprint density at radius 3 is 2.88 bits per heavy atom. The van der Waals surface area contributed by atoms with Crippen LogP contribution in [0.1, 0.15) is 18.3 Å². The van der Waals surface area contributed by atoms with E-state index in [2.05, 4.69) is 20.9 Å². The van der Waals surface area contributed by atoms with Crippen molar-refractivity contribution >= 4 is 22.4 Å². The van der Waals surface area contributed by atoms with Gasteiger partial charge in [-0.05, 0) is 38.5 Å². The Bertz CT molecular complexity index is 612. The number of aromatic nitrogens is 2. The van der Waals surface area contributed by atoms with Crippen LogP contribution in [0.4, 0.5) is 5.69 Å². The Morgan fingerprint density at radius 2 is 2.19 bits per heavy atom. The van der Waals surface area contributed by atoms with Crippen LogP contribution >= 0.6 is 0 Å². The third-order valence-corrected chi connectivity index (χ3v) is 2.42. The fourth-order valence-corrected chi connectivity index (χ4v) is 1.62. The predicted molar refractivity (Wildman–Crippen MR) is 67.2 cm³/mol. The minimum Gasteiger partial charge on any atom is -0.342 e. The first-order valence-electron chi connectivity index (χ1n) is 5.09. The lowest BCUT2D eigenvalue weighted by molar-refractivity contribution is 1.17. The second kappa shape index (κ2) is 3.82. The van der Waals surface area contributed by atoms with E-state index in [0.717, 1.165) is 28.1 Å². The van der Waals surface area contributed by atoms with Crippen molar-refractivity contribution in [2.45, 2.75) is 20.8 Å². The number of fused-ring (bicyclic) bond motifs is 1. The Labute approximate surface area is 94.6 Å². The van der Waals surface area contributed by atoms with Gasteiger partial charge in [0.2, 0.25) is 0 Å². The lowest BCUT2D eigenvalue weighted by Gasteiger charge is -2.00. The van der Waals surface area contributed by atoms with Gasteiger partial charge in [0.25, 0.3) is 0 Å². The average molecular weight is 211 g/mol. The van der Waals surface area contributed by atoms with E-state index in [0.29, 0.717) is 5.71 Å². The maximum atomic E-state index is 5.28. The molecule has 0 aliphatic carbocycles. The van der Waals surface area contributed by atoms with Gasteiger partial charge in [0, 0.05) is 0 Å². The van der Waals surface area contributed by atoms with Crippen molar-refractivity contribution in [2.75, 3.05) is 0 Å². The van der Waals surface area contributed by atoms with Crippen molar-refractivity contribution in [3.05, 3.63) is 23.5 Å². The quantitative estimate of drug-likeness (QED) is 0.572. The number of nitrogens with one attached hydrogen (secondary N) is 1. The zero-order valence-corrected chi connectivity index (χ0v) is 9.63. The van der Waals surface area contributed by atoms with Gasteiger partial charge in [0.1, 0.15) is 5.82 Å². The zero-order valence-electron chi connectivity index (χ0n) is 9.63. The number of nitrogens with zero attached hydrogens (tertiary/aromatic N) is 2. The monoisotopic (exact) mass is 211 g/mol. The summed E-state index contributed by atoms with van der Waals surface area (Å²) in [6, 6.07) is 3.99. The average Bonchev–Trinajstić information content (AvgIpc) is 2.58. The highest BCUT2D eigenvalue weighted by Crippen LogP contribution is 2.24. The van der Waals surface area contributed by atoms with E-state index >= 15 is 0 Å². The zero-order chi connectivity index (χ0) is 11.7. The molecule has 0 spiro atoms. The van der Waals surface area contributed by atoms with E-state index in [1.807, 2.05) is 32.9 Å². The molecule has 3 nitrogen and oxygen atoms in total. The molecule has 2 aromatic rings. The summed E-state index contributed by atoms with van der Waals surface area (Å²) in [7, 11) is 0. The Kier molecular flexibility index (Phi) is 2.49. The summed E-state index contributed by atoms with van der Waals surface area (Å²) in [5.41, 5.74) is 4.61. The van der Waals surface area contributed by atoms with Gasteiger partial charge in [-0.2, -0.15) is 0 Å². The molecule has 1 heterocycles. The molecule has 0 radical (unpaired) electrons. The predicted octanol–water partition coefficient (Wildman–Crippen LogP) is 2.91. The highest BCUT2D eigenvalue weighted by Gasteiger charge is 2.04. The third kappa shape index (κ3) is 1.82. The number of H-pyrrole nitrogens is 1. The first-order chi connectivity index (χ1) is 7.60. The number of benzene rings is 1. The van der Waals surface area contributed by atoms with Gasteiger partial charge in [-0.15, -0.1) is 6.42 Å². The minimum absolute atomic E-state index is 0.676.